The second-order valence-corrected chi connectivity index (χ2v) is 11.9. The summed E-state index contributed by atoms with van der Waals surface area (Å²) in [5, 5.41) is 16.6. The predicted molar refractivity (Wildman–Crippen MR) is 211 cm³/mol. The van der Waals surface area contributed by atoms with Crippen LogP contribution < -0.4 is 0 Å². The van der Waals surface area contributed by atoms with Crippen LogP contribution in [-0.2, 0) is 50.2 Å². The minimum absolute atomic E-state index is 0.124. The molecule has 0 aliphatic heterocycles. The summed E-state index contributed by atoms with van der Waals surface area (Å²) in [7, 11) is 0. The molecule has 4 aromatic rings. The van der Waals surface area contributed by atoms with Gasteiger partial charge in [0, 0.05) is 9.82 Å². The summed E-state index contributed by atoms with van der Waals surface area (Å²) in [5.74, 6) is -1.16. The van der Waals surface area contributed by atoms with Crippen LogP contribution in [0.2, 0.25) is 0 Å². The van der Waals surface area contributed by atoms with Crippen molar-refractivity contribution in [1.29, 1.82) is 0 Å². The van der Waals surface area contributed by atoms with E-state index >= 15 is 0 Å². The van der Waals surface area contributed by atoms with Crippen LogP contribution in [0.1, 0.15) is 43.0 Å². The van der Waals surface area contributed by atoms with Crippen molar-refractivity contribution in [1.82, 2.24) is 0 Å². The quantitative estimate of drug-likeness (QED) is 0.0409. The Kier molecular flexibility index (Phi) is 22.9. The van der Waals surface area contributed by atoms with Crippen LogP contribution in [0, 0.1) is 0 Å². The highest BCUT2D eigenvalue weighted by atomic mass is 16.6. The third-order valence-electron chi connectivity index (χ3n) is 7.58. The second kappa shape index (κ2) is 27.9. The lowest BCUT2D eigenvalue weighted by atomic mass is 10.2. The summed E-state index contributed by atoms with van der Waals surface area (Å²) in [5.41, 5.74) is 22.4. The molecule has 4 rings (SSSR count). The Morgan fingerprint density at radius 3 is 1.31 bits per heavy atom. The Morgan fingerprint density at radius 2 is 0.981 bits per heavy atom. The van der Waals surface area contributed by atoms with Gasteiger partial charge in [0.15, 0.2) is 6.10 Å². The average molecular weight is 735 g/mol. The molecule has 0 aliphatic rings. The first kappa shape index (κ1) is 44.5. The van der Waals surface area contributed by atoms with Gasteiger partial charge in [0.25, 0.3) is 0 Å². The molecule has 54 heavy (non-hydrogen) atoms. The topological polar surface area (TPSA) is 172 Å². The average Bonchev–Trinajstić information content (AvgIpc) is 3.21. The fourth-order valence-electron chi connectivity index (χ4n) is 4.47. The highest BCUT2D eigenvalue weighted by molar-refractivity contribution is 5.73. The molecular weight excluding hydrogens is 684 g/mol. The molecule has 0 heterocycles. The molecule has 0 unspecified atom stereocenters. The van der Waals surface area contributed by atoms with Crippen molar-refractivity contribution in [3.63, 3.8) is 0 Å². The van der Waals surface area contributed by atoms with Gasteiger partial charge < -0.3 is 24.1 Å². The number of carboxylic acid groups (broad SMARTS) is 1. The number of hydrogen-bond donors (Lipinski definition) is 1. The maximum atomic E-state index is 11.6. The second-order valence-electron chi connectivity index (χ2n) is 11.9. The lowest BCUT2D eigenvalue weighted by molar-refractivity contribution is -0.163. The summed E-state index contributed by atoms with van der Waals surface area (Å²) in [4.78, 5) is 17.1. The monoisotopic (exact) mass is 734 g/mol. The van der Waals surface area contributed by atoms with E-state index in [1.165, 1.54) is 5.57 Å². The van der Waals surface area contributed by atoms with Crippen LogP contribution in [0.3, 0.4) is 0 Å². The summed E-state index contributed by atoms with van der Waals surface area (Å²) < 4.78 is 23.0. The molecule has 0 amide bonds. The van der Waals surface area contributed by atoms with E-state index < -0.39 is 18.2 Å². The summed E-state index contributed by atoms with van der Waals surface area (Å²) >= 11 is 0. The predicted octanol–water partition coefficient (Wildman–Crippen LogP) is 10.2. The van der Waals surface area contributed by atoms with E-state index in [9.17, 15) is 9.90 Å². The number of rotatable bonds is 20. The first-order valence-corrected chi connectivity index (χ1v) is 17.4. The van der Waals surface area contributed by atoms with Crippen LogP contribution in [0.15, 0.2) is 156 Å². The third kappa shape index (κ3) is 19.2. The lowest BCUT2D eigenvalue weighted by Gasteiger charge is -2.24. The molecule has 0 aromatic heterocycles. The highest BCUT2D eigenvalue weighted by Crippen LogP contribution is 2.15. The summed E-state index contributed by atoms with van der Waals surface area (Å²) in [6.07, 6.45) is 0.888. The molecule has 284 valence electrons. The van der Waals surface area contributed by atoms with Crippen molar-refractivity contribution in [3.05, 3.63) is 189 Å². The van der Waals surface area contributed by atoms with E-state index in [1.807, 2.05) is 128 Å². The van der Waals surface area contributed by atoms with E-state index in [0.717, 1.165) is 22.3 Å². The number of ether oxygens (including phenoxy) is 4. The molecular formula is C42H50N6O6. The van der Waals surface area contributed by atoms with Crippen molar-refractivity contribution in [3.8, 4) is 0 Å². The zero-order valence-electron chi connectivity index (χ0n) is 31.1. The Morgan fingerprint density at radius 1 is 0.648 bits per heavy atom. The molecule has 12 heteroatoms. The molecule has 4 atom stereocenters. The number of nitrogens with zero attached hydrogens (tertiary/aromatic N) is 6. The van der Waals surface area contributed by atoms with E-state index in [4.69, 9.17) is 30.0 Å². The highest BCUT2D eigenvalue weighted by Gasteiger charge is 2.30. The normalized spacial score (nSPS) is 12.3. The van der Waals surface area contributed by atoms with Crippen molar-refractivity contribution in [2.45, 2.75) is 71.6 Å². The van der Waals surface area contributed by atoms with Gasteiger partial charge in [0.05, 0.1) is 45.6 Å². The van der Waals surface area contributed by atoms with Gasteiger partial charge in [0.2, 0.25) is 0 Å². The van der Waals surface area contributed by atoms with Crippen LogP contribution in [0.25, 0.3) is 20.9 Å². The van der Waals surface area contributed by atoms with Crippen molar-refractivity contribution in [2.75, 3.05) is 13.1 Å². The van der Waals surface area contributed by atoms with Crippen LogP contribution >= 0.6 is 0 Å². The largest absolute Gasteiger partial charge is 0.479 e. The van der Waals surface area contributed by atoms with Crippen molar-refractivity contribution >= 4 is 5.97 Å². The van der Waals surface area contributed by atoms with Crippen molar-refractivity contribution in [2.24, 2.45) is 10.2 Å². The van der Waals surface area contributed by atoms with Gasteiger partial charge in [-0.25, -0.2) is 4.79 Å². The minimum Gasteiger partial charge on any atom is -0.479 e. The summed E-state index contributed by atoms with van der Waals surface area (Å²) in [6.45, 7) is 11.3. The SMILES string of the molecule is C=C[C@@H](OCc1ccccc1)[C@H](CN=[N+]=[N-])OCc1ccccc1.CC=C(C)C.[N-]=[N+]=NC[C@H](OCc1ccccc1)[C@H](OCc1ccccc1)C(=O)O. The number of allylic oxidation sites excluding steroid dienone is 2. The fraction of sp³-hybridized carbons (Fsp3) is 0.310. The maximum Gasteiger partial charge on any atom is 0.335 e. The molecule has 0 saturated heterocycles. The number of carboxylic acids is 1. The van der Waals surface area contributed by atoms with E-state index in [1.54, 1.807) is 6.08 Å². The molecule has 0 radical (unpaired) electrons. The lowest BCUT2D eigenvalue weighted by Crippen LogP contribution is -2.40. The van der Waals surface area contributed by atoms with Gasteiger partial charge in [-0.3, -0.25) is 0 Å². The van der Waals surface area contributed by atoms with Gasteiger partial charge in [-0.1, -0.05) is 149 Å². The first-order chi connectivity index (χ1) is 26.3. The number of aliphatic carboxylic acids is 1. The molecule has 4 aromatic carbocycles. The van der Waals surface area contributed by atoms with E-state index in [-0.39, 0.29) is 38.5 Å². The molecule has 1 N–H and O–H groups in total. The van der Waals surface area contributed by atoms with E-state index in [0.29, 0.717) is 13.2 Å². The molecule has 0 bridgehead atoms. The fourth-order valence-corrected chi connectivity index (χ4v) is 4.47. The number of benzene rings is 4. The Hall–Kier alpha value is -5.71. The smallest absolute Gasteiger partial charge is 0.335 e. The maximum absolute atomic E-state index is 11.6. The zero-order chi connectivity index (χ0) is 39.2. The van der Waals surface area contributed by atoms with Gasteiger partial charge in [-0.15, -0.1) is 6.58 Å². The van der Waals surface area contributed by atoms with Gasteiger partial charge in [-0.05, 0) is 54.1 Å². The molecule has 0 saturated carbocycles. The minimum atomic E-state index is -1.24. The van der Waals surface area contributed by atoms with Crippen LogP contribution in [0.4, 0.5) is 0 Å². The number of azide groups is 2. The Labute approximate surface area is 317 Å². The van der Waals surface area contributed by atoms with Gasteiger partial charge >= 0.3 is 5.97 Å². The Bertz CT molecular complexity index is 1730. The number of carbonyl (C=O) groups is 1. The first-order valence-electron chi connectivity index (χ1n) is 17.4. The van der Waals surface area contributed by atoms with E-state index in [2.05, 4.69) is 46.6 Å². The zero-order valence-corrected chi connectivity index (χ0v) is 31.1. The molecule has 0 fully saturated rings. The standard InChI is InChI=1S/C19H21N3O2.C18H19N3O4.C5H10/c1-2-18(23-14-16-9-5-3-6-10-16)19(13-21-22-20)24-15-17-11-7-4-8-12-17;19-21-20-11-16(24-12-14-7-3-1-4-8-14)17(18(22)23)25-13-15-9-5-2-6-10-15;1-4-5(2)3/h2-12,18-19H,1,13-15H2;1-10,16-17H,11-13H2,(H,22,23);4H,1-3H3/t18-,19+;16-,17-;/m10./s1. The Balaban J connectivity index is 0.000000332. The summed E-state index contributed by atoms with van der Waals surface area (Å²) in [6, 6.07) is 38.3. The molecule has 12 nitrogen and oxygen atoms in total. The van der Waals surface area contributed by atoms with Crippen LogP contribution in [-0.4, -0.2) is 48.6 Å². The number of hydrogen-bond acceptors (Lipinski definition) is 7. The molecule has 0 spiro atoms. The van der Waals surface area contributed by atoms with Gasteiger partial charge in [-0.2, -0.15) is 0 Å². The van der Waals surface area contributed by atoms with Crippen LogP contribution in [0.5, 0.6) is 0 Å². The van der Waals surface area contributed by atoms with Crippen molar-refractivity contribution < 1.29 is 28.8 Å². The third-order valence-corrected chi connectivity index (χ3v) is 7.58. The van der Waals surface area contributed by atoms with Gasteiger partial charge in [0.1, 0.15) is 12.2 Å². The molecule has 0 aliphatic carbocycles.